The first-order valence-electron chi connectivity index (χ1n) is 2.61. The van der Waals surface area contributed by atoms with Gasteiger partial charge in [-0.1, -0.05) is 18.2 Å². The maximum Gasteiger partial charge on any atom is 2.00 e. The predicted octanol–water partition coefficient (Wildman–Crippen LogP) is 0.0331. The van der Waals surface area contributed by atoms with Crippen LogP contribution in [0.4, 0.5) is 0 Å². The van der Waals surface area contributed by atoms with Crippen molar-refractivity contribution >= 4 is 27.5 Å². The zero-order valence-electron chi connectivity index (χ0n) is 6.04. The molecule has 6 heteroatoms. The van der Waals surface area contributed by atoms with E-state index in [9.17, 15) is 13.0 Å². The van der Waals surface area contributed by atoms with E-state index in [2.05, 4.69) is 0 Å². The summed E-state index contributed by atoms with van der Waals surface area (Å²) in [6.07, 6.45) is 0. The van der Waals surface area contributed by atoms with Gasteiger partial charge in [0.15, 0.2) is 0 Å². The molecule has 0 aliphatic carbocycles. The first-order chi connectivity index (χ1) is 4.61. The zero-order valence-corrected chi connectivity index (χ0v) is 8.02. The molecule has 0 aliphatic rings. The topological polar surface area (TPSA) is 87.2 Å². The SMILES string of the molecule is O=S(=O)([O-])c1ccccc1.[Al+2].[OH-]. The van der Waals surface area contributed by atoms with E-state index in [0.29, 0.717) is 0 Å². The van der Waals surface area contributed by atoms with Gasteiger partial charge in [-0.25, -0.2) is 8.42 Å². The molecule has 4 nitrogen and oxygen atoms in total. The van der Waals surface area contributed by atoms with E-state index in [1.165, 1.54) is 24.3 Å². The molecule has 0 spiro atoms. The summed E-state index contributed by atoms with van der Waals surface area (Å²) in [5.41, 5.74) is 0. The Bertz CT molecular complexity index is 308. The number of hydrogen-bond acceptors (Lipinski definition) is 4. The largest absolute Gasteiger partial charge is 2.00 e. The molecule has 0 atom stereocenters. The Kier molecular flexibility index (Phi) is 6.26. The fourth-order valence-corrected chi connectivity index (χ4v) is 1.08. The monoisotopic (exact) mass is 201 g/mol. The van der Waals surface area contributed by atoms with Gasteiger partial charge in [0.05, 0.1) is 4.90 Å². The third-order valence-corrected chi connectivity index (χ3v) is 1.88. The molecular formula is C6H6AlO4S. The number of hydrogen-bond donors (Lipinski definition) is 0. The Morgan fingerprint density at radius 1 is 1.08 bits per heavy atom. The number of benzene rings is 1. The van der Waals surface area contributed by atoms with Crippen molar-refractivity contribution in [1.82, 2.24) is 0 Å². The molecular weight excluding hydrogens is 195 g/mol. The van der Waals surface area contributed by atoms with Gasteiger partial charge < -0.3 is 10.0 Å². The van der Waals surface area contributed by atoms with Crippen molar-refractivity contribution in [3.63, 3.8) is 0 Å². The second kappa shape index (κ2) is 5.30. The van der Waals surface area contributed by atoms with Crippen molar-refractivity contribution in [2.24, 2.45) is 0 Å². The second-order valence-electron chi connectivity index (χ2n) is 1.77. The summed E-state index contributed by atoms with van der Waals surface area (Å²) in [4.78, 5) is -0.185. The Morgan fingerprint density at radius 3 is 1.75 bits per heavy atom. The molecule has 1 aromatic carbocycles. The Labute approximate surface area is 81.4 Å². The molecule has 1 radical (unpaired) electrons. The molecule has 1 N–H and O–H groups in total. The van der Waals surface area contributed by atoms with Crippen LogP contribution in [0.15, 0.2) is 35.2 Å². The molecule has 63 valence electrons. The molecule has 0 bridgehead atoms. The van der Waals surface area contributed by atoms with Gasteiger partial charge >= 0.3 is 17.4 Å². The van der Waals surface area contributed by atoms with Crippen molar-refractivity contribution in [1.29, 1.82) is 0 Å². The van der Waals surface area contributed by atoms with E-state index >= 15 is 0 Å². The molecule has 12 heavy (non-hydrogen) atoms. The minimum atomic E-state index is -4.25. The van der Waals surface area contributed by atoms with E-state index in [1.807, 2.05) is 0 Å². The molecule has 0 saturated carbocycles. The van der Waals surface area contributed by atoms with Crippen LogP contribution in [0.1, 0.15) is 0 Å². The van der Waals surface area contributed by atoms with E-state index in [4.69, 9.17) is 0 Å². The van der Waals surface area contributed by atoms with Crippen molar-refractivity contribution < 1.29 is 18.4 Å². The fourth-order valence-electron chi connectivity index (χ4n) is 0.587. The molecule has 0 aromatic heterocycles. The summed E-state index contributed by atoms with van der Waals surface area (Å²) in [6.45, 7) is 0. The summed E-state index contributed by atoms with van der Waals surface area (Å²) < 4.78 is 30.8. The first kappa shape index (κ1) is 14.2. The maximum absolute atomic E-state index is 10.3. The average molecular weight is 201 g/mol. The molecule has 0 unspecified atom stereocenters. The Morgan fingerprint density at radius 2 is 1.50 bits per heavy atom. The second-order valence-corrected chi connectivity index (χ2v) is 3.15. The zero-order chi connectivity index (χ0) is 7.61. The average Bonchev–Trinajstić information content (AvgIpc) is 1.88. The standard InChI is InChI=1S/C6H6O3S.Al.H2O/c7-10(8,9)6-4-2-1-3-5-6;;/h1-5H,(H,7,8,9);;1H2/q;+2;/p-2. The molecule has 0 saturated heterocycles. The molecule has 0 fully saturated rings. The third kappa shape index (κ3) is 3.86. The molecule has 0 heterocycles. The van der Waals surface area contributed by atoms with Crippen LogP contribution in [0.2, 0.25) is 0 Å². The van der Waals surface area contributed by atoms with Crippen LogP contribution in [0, 0.1) is 0 Å². The Hall–Kier alpha value is -0.378. The molecule has 0 aliphatic heterocycles. The maximum atomic E-state index is 10.3. The van der Waals surface area contributed by atoms with Gasteiger partial charge in [0.2, 0.25) is 0 Å². The van der Waals surface area contributed by atoms with Gasteiger partial charge in [0.25, 0.3) is 0 Å². The van der Waals surface area contributed by atoms with E-state index < -0.39 is 10.1 Å². The van der Waals surface area contributed by atoms with Crippen LogP contribution < -0.4 is 0 Å². The van der Waals surface area contributed by atoms with Gasteiger partial charge in [0.1, 0.15) is 10.1 Å². The summed E-state index contributed by atoms with van der Waals surface area (Å²) in [5, 5.41) is 0. The molecule has 0 amide bonds. The third-order valence-electron chi connectivity index (χ3n) is 1.03. The van der Waals surface area contributed by atoms with Crippen LogP contribution >= 0.6 is 0 Å². The van der Waals surface area contributed by atoms with Crippen molar-refractivity contribution in [2.45, 2.75) is 4.90 Å². The van der Waals surface area contributed by atoms with Crippen molar-refractivity contribution in [3.05, 3.63) is 30.3 Å². The van der Waals surface area contributed by atoms with Gasteiger partial charge in [0, 0.05) is 0 Å². The summed E-state index contributed by atoms with van der Waals surface area (Å²) >= 11 is 0. The Balaban J connectivity index is 0. The first-order valence-corrected chi connectivity index (χ1v) is 4.02. The minimum absolute atomic E-state index is 0. The summed E-state index contributed by atoms with van der Waals surface area (Å²) in [6, 6.07) is 7.19. The smallest absolute Gasteiger partial charge is 0.870 e. The summed E-state index contributed by atoms with van der Waals surface area (Å²) in [7, 11) is -4.25. The van der Waals surface area contributed by atoms with Crippen molar-refractivity contribution in [3.8, 4) is 0 Å². The van der Waals surface area contributed by atoms with E-state index in [1.54, 1.807) is 6.07 Å². The van der Waals surface area contributed by atoms with Gasteiger partial charge in [-0.15, -0.1) is 0 Å². The minimum Gasteiger partial charge on any atom is -0.870 e. The van der Waals surface area contributed by atoms with Crippen LogP contribution in [0.5, 0.6) is 0 Å². The normalized spacial score (nSPS) is 9.42. The van der Waals surface area contributed by atoms with Crippen LogP contribution in [0.3, 0.4) is 0 Å². The quantitative estimate of drug-likeness (QED) is 0.473. The molecule has 1 rings (SSSR count). The predicted molar refractivity (Wildman–Crippen MR) is 42.1 cm³/mol. The van der Waals surface area contributed by atoms with E-state index in [-0.39, 0.29) is 27.7 Å². The molecule has 1 aromatic rings. The van der Waals surface area contributed by atoms with Gasteiger partial charge in [-0.3, -0.25) is 0 Å². The van der Waals surface area contributed by atoms with Crippen LogP contribution in [0.25, 0.3) is 0 Å². The van der Waals surface area contributed by atoms with Crippen LogP contribution in [-0.4, -0.2) is 35.8 Å². The number of rotatable bonds is 1. The van der Waals surface area contributed by atoms with Gasteiger partial charge in [-0.05, 0) is 12.1 Å². The summed E-state index contributed by atoms with van der Waals surface area (Å²) in [5.74, 6) is 0. The van der Waals surface area contributed by atoms with Crippen LogP contribution in [-0.2, 0) is 10.1 Å². The van der Waals surface area contributed by atoms with Gasteiger partial charge in [-0.2, -0.15) is 0 Å². The van der Waals surface area contributed by atoms with Crippen molar-refractivity contribution in [2.75, 3.05) is 0 Å². The van der Waals surface area contributed by atoms with E-state index in [0.717, 1.165) is 0 Å². The fraction of sp³-hybridized carbons (Fsp3) is 0.